The van der Waals surface area contributed by atoms with Gasteiger partial charge in [-0.15, -0.1) is 0 Å². The topological polar surface area (TPSA) is 96.3 Å². The van der Waals surface area contributed by atoms with Crippen molar-refractivity contribution in [3.8, 4) is 0 Å². The van der Waals surface area contributed by atoms with Gasteiger partial charge in [0.25, 0.3) is 10.2 Å². The quantitative estimate of drug-likeness (QED) is 0.778. The first-order valence-corrected chi connectivity index (χ1v) is 10.3. The van der Waals surface area contributed by atoms with Gasteiger partial charge in [0.1, 0.15) is 6.04 Å². The molecule has 1 aromatic carbocycles. The van der Waals surface area contributed by atoms with Crippen LogP contribution in [0.2, 0.25) is 10.0 Å². The highest BCUT2D eigenvalue weighted by atomic mass is 35.5. The second-order valence-electron chi connectivity index (χ2n) is 6.38. The summed E-state index contributed by atoms with van der Waals surface area (Å²) in [7, 11) is -0.730. The van der Waals surface area contributed by atoms with Gasteiger partial charge in [-0.05, 0) is 25.5 Å². The van der Waals surface area contributed by atoms with Gasteiger partial charge in [0, 0.05) is 25.9 Å². The molecular weight excluding hydrogens is 413 g/mol. The highest BCUT2D eigenvalue weighted by molar-refractivity contribution is 7.87. The molecule has 3 rings (SSSR count). The van der Waals surface area contributed by atoms with E-state index in [2.05, 4.69) is 15.1 Å². The Morgan fingerprint density at radius 2 is 2.04 bits per heavy atom. The molecule has 27 heavy (non-hydrogen) atoms. The second-order valence-corrected chi connectivity index (χ2v) is 8.92. The van der Waals surface area contributed by atoms with Crippen LogP contribution in [0.15, 0.2) is 24.4 Å². The summed E-state index contributed by atoms with van der Waals surface area (Å²) in [6, 6.07) is 3.36. The molecule has 0 saturated carbocycles. The maximum Gasteiger partial charge on any atom is 0.280 e. The van der Waals surface area contributed by atoms with Crippen LogP contribution in [0, 0.1) is 6.92 Å². The first-order valence-electron chi connectivity index (χ1n) is 8.10. The number of aromatic nitrogens is 2. The molecule has 1 aromatic heterocycles. The van der Waals surface area contributed by atoms with E-state index in [1.54, 1.807) is 43.0 Å². The summed E-state index contributed by atoms with van der Waals surface area (Å²) >= 11 is 12.1. The summed E-state index contributed by atoms with van der Waals surface area (Å²) in [5.41, 5.74) is 1.76. The average Bonchev–Trinajstić information content (AvgIpc) is 2.92. The fraction of sp³-hybridized carbons (Fsp3) is 0.375. The summed E-state index contributed by atoms with van der Waals surface area (Å²) in [6.45, 7) is 1.79. The van der Waals surface area contributed by atoms with E-state index in [4.69, 9.17) is 23.2 Å². The van der Waals surface area contributed by atoms with Crippen LogP contribution in [0.25, 0.3) is 0 Å². The first kappa shape index (κ1) is 20.1. The lowest BCUT2D eigenvalue weighted by Gasteiger charge is -2.36. The molecular formula is C16H19Cl2N5O3S. The summed E-state index contributed by atoms with van der Waals surface area (Å²) in [5.74, 6) is -0.488. The van der Waals surface area contributed by atoms with Crippen molar-refractivity contribution in [3.63, 3.8) is 0 Å². The molecule has 146 valence electrons. The Morgan fingerprint density at radius 1 is 1.33 bits per heavy atom. The van der Waals surface area contributed by atoms with E-state index >= 15 is 0 Å². The zero-order chi connectivity index (χ0) is 19.9. The summed E-state index contributed by atoms with van der Waals surface area (Å²) in [5, 5.41) is 7.41. The van der Waals surface area contributed by atoms with Crippen molar-refractivity contribution in [2.45, 2.75) is 25.4 Å². The van der Waals surface area contributed by atoms with Gasteiger partial charge in [-0.1, -0.05) is 29.3 Å². The fourth-order valence-electron chi connectivity index (χ4n) is 3.09. The summed E-state index contributed by atoms with van der Waals surface area (Å²) < 4.78 is 30.3. The molecule has 0 spiro atoms. The minimum atomic E-state index is -3.84. The van der Waals surface area contributed by atoms with Crippen LogP contribution < -0.4 is 10.0 Å². The number of carbonyl (C=O) groups is 1. The van der Waals surface area contributed by atoms with Crippen molar-refractivity contribution < 1.29 is 13.2 Å². The summed E-state index contributed by atoms with van der Waals surface area (Å²) in [4.78, 5) is 12.8. The number of benzene rings is 1. The van der Waals surface area contributed by atoms with Crippen molar-refractivity contribution >= 4 is 45.0 Å². The molecule has 2 aromatic rings. The molecule has 8 nitrogen and oxygen atoms in total. The van der Waals surface area contributed by atoms with Gasteiger partial charge in [-0.3, -0.25) is 9.48 Å². The number of nitrogens with zero attached hydrogens (tertiary/aromatic N) is 3. The van der Waals surface area contributed by atoms with Gasteiger partial charge in [0.05, 0.1) is 27.5 Å². The third kappa shape index (κ3) is 3.97. The highest BCUT2D eigenvalue weighted by Gasteiger charge is 2.41. The van der Waals surface area contributed by atoms with Crippen molar-refractivity contribution in [1.82, 2.24) is 18.8 Å². The number of likely N-dealkylation sites (N-methyl/N-ethyl adjacent to an activating group) is 1. The molecule has 2 N–H and O–H groups in total. The molecule has 0 bridgehead atoms. The third-order valence-electron chi connectivity index (χ3n) is 4.51. The standard InChI is InChI=1S/C16H19Cl2N5O3S/c1-9-10(8-22(2)20-9)13-7-14(23(3)27(25,26)21-13)16(24)19-12-6-4-5-11(17)15(12)18/h4-6,8,13-14,21H,7H2,1-3H3,(H,19,24). The van der Waals surface area contributed by atoms with Crippen LogP contribution in [0.4, 0.5) is 5.69 Å². The van der Waals surface area contributed by atoms with E-state index in [0.29, 0.717) is 16.4 Å². The van der Waals surface area contributed by atoms with Crippen LogP contribution in [0.1, 0.15) is 23.7 Å². The van der Waals surface area contributed by atoms with Gasteiger partial charge in [0.15, 0.2) is 0 Å². The number of hydrogen-bond donors (Lipinski definition) is 2. The molecule has 2 heterocycles. The maximum atomic E-state index is 12.8. The minimum Gasteiger partial charge on any atom is -0.323 e. The Labute approximate surface area is 167 Å². The lowest BCUT2D eigenvalue weighted by molar-refractivity contribution is -0.120. The largest absolute Gasteiger partial charge is 0.323 e. The number of nitrogens with one attached hydrogen (secondary N) is 2. The second kappa shape index (κ2) is 7.40. The van der Waals surface area contributed by atoms with E-state index in [1.165, 1.54) is 7.05 Å². The lowest BCUT2D eigenvalue weighted by Crippen LogP contribution is -2.56. The molecule has 1 aliphatic rings. The lowest BCUT2D eigenvalue weighted by atomic mass is 10.00. The van der Waals surface area contributed by atoms with Gasteiger partial charge < -0.3 is 5.32 Å². The normalized spacial score (nSPS) is 22.6. The number of hydrogen-bond acceptors (Lipinski definition) is 4. The van der Waals surface area contributed by atoms with Gasteiger partial charge in [-0.25, -0.2) is 0 Å². The SMILES string of the molecule is Cc1nn(C)cc1C1CC(C(=O)Nc2cccc(Cl)c2Cl)N(C)S(=O)(=O)N1. The highest BCUT2D eigenvalue weighted by Crippen LogP contribution is 2.32. The molecule has 0 radical (unpaired) electrons. The Hall–Kier alpha value is -1.65. The van der Waals surface area contributed by atoms with Crippen molar-refractivity contribution in [2.24, 2.45) is 7.05 Å². The Balaban J connectivity index is 1.89. The fourth-order valence-corrected chi connectivity index (χ4v) is 4.70. The third-order valence-corrected chi connectivity index (χ3v) is 6.92. The first-order chi connectivity index (χ1) is 12.6. The van der Waals surface area contributed by atoms with Gasteiger partial charge in [-0.2, -0.15) is 22.5 Å². The Bertz CT molecular complexity index is 992. The zero-order valence-corrected chi connectivity index (χ0v) is 17.2. The van der Waals surface area contributed by atoms with Crippen LogP contribution in [0.5, 0.6) is 0 Å². The predicted octanol–water partition coefficient (Wildman–Crippen LogP) is 2.25. The molecule has 1 aliphatic heterocycles. The smallest absolute Gasteiger partial charge is 0.280 e. The molecule has 2 atom stereocenters. The number of amides is 1. The van der Waals surface area contributed by atoms with Crippen LogP contribution in [-0.2, 0) is 22.1 Å². The maximum absolute atomic E-state index is 12.8. The number of aryl methyl sites for hydroxylation is 2. The average molecular weight is 432 g/mol. The molecule has 1 fully saturated rings. The molecule has 1 amide bonds. The number of carbonyl (C=O) groups excluding carboxylic acids is 1. The van der Waals surface area contributed by atoms with Crippen molar-refractivity contribution in [3.05, 3.63) is 45.7 Å². The molecule has 1 saturated heterocycles. The monoisotopic (exact) mass is 431 g/mol. The predicted molar refractivity (Wildman–Crippen MR) is 104 cm³/mol. The molecule has 11 heteroatoms. The number of halogens is 2. The Morgan fingerprint density at radius 3 is 2.67 bits per heavy atom. The van der Waals surface area contributed by atoms with E-state index < -0.39 is 28.2 Å². The van der Waals surface area contributed by atoms with Gasteiger partial charge in [0.2, 0.25) is 5.91 Å². The van der Waals surface area contributed by atoms with Crippen LogP contribution >= 0.6 is 23.2 Å². The van der Waals surface area contributed by atoms with Gasteiger partial charge >= 0.3 is 0 Å². The van der Waals surface area contributed by atoms with E-state index in [0.717, 1.165) is 9.87 Å². The van der Waals surface area contributed by atoms with Crippen molar-refractivity contribution in [1.29, 1.82) is 0 Å². The van der Waals surface area contributed by atoms with E-state index in [9.17, 15) is 13.2 Å². The number of anilines is 1. The summed E-state index contributed by atoms with van der Waals surface area (Å²) in [6.07, 6.45) is 1.99. The van der Waals surface area contributed by atoms with Crippen LogP contribution in [-0.4, -0.2) is 41.5 Å². The zero-order valence-electron chi connectivity index (χ0n) is 14.9. The van der Waals surface area contributed by atoms with Crippen LogP contribution in [0.3, 0.4) is 0 Å². The van der Waals surface area contributed by atoms with E-state index in [-0.39, 0.29) is 11.4 Å². The Kier molecular flexibility index (Phi) is 5.51. The number of rotatable bonds is 3. The minimum absolute atomic E-state index is 0.201. The van der Waals surface area contributed by atoms with Crippen molar-refractivity contribution in [2.75, 3.05) is 12.4 Å². The van der Waals surface area contributed by atoms with E-state index in [1.807, 2.05) is 0 Å². The molecule has 0 aliphatic carbocycles. The molecule has 2 unspecified atom stereocenters.